The Morgan fingerprint density at radius 1 is 1.14 bits per heavy atom. The lowest BCUT2D eigenvalue weighted by Gasteiger charge is -2.05. The summed E-state index contributed by atoms with van der Waals surface area (Å²) in [6, 6.07) is 11.2. The third-order valence-electron chi connectivity index (χ3n) is 4.14. The number of hydrogen-bond donors (Lipinski definition) is 2. The molecule has 2 N–H and O–H groups in total. The first-order chi connectivity index (χ1) is 13.6. The van der Waals surface area contributed by atoms with Crippen LogP contribution in [0, 0.1) is 0 Å². The second-order valence-corrected chi connectivity index (χ2v) is 6.56. The number of nitrogens with zero attached hydrogens (tertiary/aromatic N) is 3. The molecule has 0 aliphatic rings. The van der Waals surface area contributed by atoms with Crippen LogP contribution in [0.15, 0.2) is 59.5 Å². The van der Waals surface area contributed by atoms with Gasteiger partial charge in [0.2, 0.25) is 11.8 Å². The number of hydrogen-bond acceptors (Lipinski definition) is 5. The van der Waals surface area contributed by atoms with E-state index in [-0.39, 0.29) is 5.91 Å². The number of aromatic nitrogens is 4. The molecule has 0 fully saturated rings. The molecule has 0 saturated carbocycles. The number of rotatable bonds is 5. The Morgan fingerprint density at radius 3 is 2.61 bits per heavy atom. The summed E-state index contributed by atoms with van der Waals surface area (Å²) < 4.78 is 5.64. The minimum atomic E-state index is -0.131. The largest absolute Gasteiger partial charge is 0.443 e. The maximum atomic E-state index is 11.1. The maximum Gasteiger partial charge on any atom is 0.245 e. The topological polar surface area (TPSA) is 96.7 Å². The van der Waals surface area contributed by atoms with Gasteiger partial charge in [0, 0.05) is 35.5 Å². The Morgan fingerprint density at radius 2 is 1.89 bits per heavy atom. The molecule has 0 saturated heterocycles. The average Bonchev–Trinajstić information content (AvgIpc) is 3.34. The van der Waals surface area contributed by atoms with E-state index in [1.165, 1.54) is 13.2 Å². The SMILES string of the molecule is CC(=O)NCc1coc(-c2[nH]nc(-c3ccc(Cl)cc3)c2-c2ccncc2)n1. The van der Waals surface area contributed by atoms with E-state index in [1.807, 2.05) is 36.4 Å². The first kappa shape index (κ1) is 17.9. The van der Waals surface area contributed by atoms with Gasteiger partial charge in [-0.3, -0.25) is 14.9 Å². The van der Waals surface area contributed by atoms with Crippen LogP contribution in [0.25, 0.3) is 34.0 Å². The van der Waals surface area contributed by atoms with Crippen LogP contribution in [-0.2, 0) is 11.3 Å². The highest BCUT2D eigenvalue weighted by molar-refractivity contribution is 6.30. The van der Waals surface area contributed by atoms with E-state index in [9.17, 15) is 4.79 Å². The van der Waals surface area contributed by atoms with Gasteiger partial charge in [-0.1, -0.05) is 23.7 Å². The Labute approximate surface area is 165 Å². The molecule has 4 rings (SSSR count). The van der Waals surface area contributed by atoms with Crippen molar-refractivity contribution in [2.45, 2.75) is 13.5 Å². The lowest BCUT2D eigenvalue weighted by Crippen LogP contribution is -2.18. The summed E-state index contributed by atoms with van der Waals surface area (Å²) in [6.07, 6.45) is 4.95. The molecular formula is C20H16ClN5O2. The molecule has 0 aliphatic heterocycles. The number of oxazole rings is 1. The second-order valence-electron chi connectivity index (χ2n) is 6.12. The fourth-order valence-electron chi connectivity index (χ4n) is 2.83. The summed E-state index contributed by atoms with van der Waals surface area (Å²) in [5.74, 6) is 0.258. The van der Waals surface area contributed by atoms with Crippen molar-refractivity contribution < 1.29 is 9.21 Å². The van der Waals surface area contributed by atoms with E-state index in [0.29, 0.717) is 28.8 Å². The predicted octanol–water partition coefficient (Wildman–Crippen LogP) is 4.08. The van der Waals surface area contributed by atoms with Crippen molar-refractivity contribution in [1.82, 2.24) is 25.5 Å². The number of amides is 1. The maximum absolute atomic E-state index is 11.1. The number of carbonyl (C=O) groups is 1. The summed E-state index contributed by atoms with van der Waals surface area (Å²) in [5, 5.41) is 10.9. The number of halogens is 1. The van der Waals surface area contributed by atoms with E-state index < -0.39 is 0 Å². The summed E-state index contributed by atoms with van der Waals surface area (Å²) in [7, 11) is 0. The van der Waals surface area contributed by atoms with Crippen LogP contribution in [0.2, 0.25) is 5.02 Å². The van der Waals surface area contributed by atoms with Gasteiger partial charge in [-0.15, -0.1) is 0 Å². The van der Waals surface area contributed by atoms with Crippen LogP contribution < -0.4 is 5.32 Å². The molecule has 0 atom stereocenters. The van der Waals surface area contributed by atoms with Gasteiger partial charge in [0.25, 0.3) is 0 Å². The first-order valence-electron chi connectivity index (χ1n) is 8.55. The van der Waals surface area contributed by atoms with Crippen LogP contribution in [0.4, 0.5) is 0 Å². The Kier molecular flexibility index (Phi) is 4.90. The average molecular weight is 394 g/mol. The van der Waals surface area contributed by atoms with E-state index >= 15 is 0 Å². The van der Waals surface area contributed by atoms with E-state index in [0.717, 1.165) is 22.4 Å². The number of benzene rings is 1. The molecule has 7 nitrogen and oxygen atoms in total. The minimum Gasteiger partial charge on any atom is -0.443 e. The van der Waals surface area contributed by atoms with E-state index in [2.05, 4.69) is 25.5 Å². The summed E-state index contributed by atoms with van der Waals surface area (Å²) in [5.41, 5.74) is 4.69. The van der Waals surface area contributed by atoms with Crippen LogP contribution >= 0.6 is 11.6 Å². The van der Waals surface area contributed by atoms with Gasteiger partial charge in [-0.2, -0.15) is 5.10 Å². The minimum absolute atomic E-state index is 0.131. The third kappa shape index (κ3) is 3.65. The van der Waals surface area contributed by atoms with Crippen molar-refractivity contribution in [3.63, 3.8) is 0 Å². The molecule has 0 unspecified atom stereocenters. The van der Waals surface area contributed by atoms with Crippen molar-refractivity contribution in [1.29, 1.82) is 0 Å². The Balaban J connectivity index is 1.80. The Hall–Kier alpha value is -3.45. The quantitative estimate of drug-likeness (QED) is 0.532. The highest BCUT2D eigenvalue weighted by Gasteiger charge is 2.21. The summed E-state index contributed by atoms with van der Waals surface area (Å²) >= 11 is 6.02. The molecule has 0 spiro atoms. The zero-order valence-corrected chi connectivity index (χ0v) is 15.7. The second kappa shape index (κ2) is 7.66. The van der Waals surface area contributed by atoms with Crippen molar-refractivity contribution in [3.8, 4) is 34.0 Å². The van der Waals surface area contributed by atoms with Crippen molar-refractivity contribution >= 4 is 17.5 Å². The number of H-pyrrole nitrogens is 1. The summed E-state index contributed by atoms with van der Waals surface area (Å²) in [4.78, 5) is 19.7. The molecule has 4 aromatic rings. The zero-order chi connectivity index (χ0) is 19.5. The standard InChI is InChI=1S/C20H16ClN5O2/c1-12(27)23-10-16-11-28-20(24-16)19-17(13-6-8-22-9-7-13)18(25-26-19)14-2-4-15(21)5-3-14/h2-9,11H,10H2,1H3,(H,23,27)(H,25,26). The van der Waals surface area contributed by atoms with Gasteiger partial charge in [-0.25, -0.2) is 4.98 Å². The number of aromatic amines is 1. The van der Waals surface area contributed by atoms with Crippen LogP contribution in [0.3, 0.4) is 0 Å². The molecule has 28 heavy (non-hydrogen) atoms. The Bertz CT molecular complexity index is 1100. The lowest BCUT2D eigenvalue weighted by atomic mass is 10.00. The van der Waals surface area contributed by atoms with Gasteiger partial charge in [-0.05, 0) is 29.8 Å². The molecule has 3 aromatic heterocycles. The number of nitrogens with one attached hydrogen (secondary N) is 2. The van der Waals surface area contributed by atoms with Gasteiger partial charge in [0.05, 0.1) is 12.2 Å². The number of pyridine rings is 1. The van der Waals surface area contributed by atoms with E-state index in [1.54, 1.807) is 12.4 Å². The molecule has 1 aromatic carbocycles. The monoisotopic (exact) mass is 393 g/mol. The highest BCUT2D eigenvalue weighted by Crippen LogP contribution is 2.38. The smallest absolute Gasteiger partial charge is 0.245 e. The van der Waals surface area contributed by atoms with Gasteiger partial charge < -0.3 is 9.73 Å². The fraction of sp³-hybridized carbons (Fsp3) is 0.100. The predicted molar refractivity (Wildman–Crippen MR) is 105 cm³/mol. The number of carbonyl (C=O) groups excluding carboxylic acids is 1. The first-order valence-corrected chi connectivity index (χ1v) is 8.93. The molecule has 8 heteroatoms. The van der Waals surface area contributed by atoms with Crippen LogP contribution in [0.5, 0.6) is 0 Å². The van der Waals surface area contributed by atoms with Gasteiger partial charge in [0.1, 0.15) is 17.7 Å². The molecule has 3 heterocycles. The van der Waals surface area contributed by atoms with E-state index in [4.69, 9.17) is 16.0 Å². The molecule has 0 aliphatic carbocycles. The van der Waals surface area contributed by atoms with Gasteiger partial charge in [0.15, 0.2) is 0 Å². The third-order valence-corrected chi connectivity index (χ3v) is 4.39. The zero-order valence-electron chi connectivity index (χ0n) is 14.9. The fourth-order valence-corrected chi connectivity index (χ4v) is 2.96. The summed E-state index contributed by atoms with van der Waals surface area (Å²) in [6.45, 7) is 1.75. The molecule has 0 radical (unpaired) electrons. The van der Waals surface area contributed by atoms with Crippen molar-refractivity contribution in [2.75, 3.05) is 0 Å². The van der Waals surface area contributed by atoms with Crippen molar-refractivity contribution in [2.24, 2.45) is 0 Å². The lowest BCUT2D eigenvalue weighted by molar-refractivity contribution is -0.119. The van der Waals surface area contributed by atoms with Crippen LogP contribution in [0.1, 0.15) is 12.6 Å². The van der Waals surface area contributed by atoms with Crippen LogP contribution in [-0.4, -0.2) is 26.1 Å². The normalized spacial score (nSPS) is 10.8. The molecular weight excluding hydrogens is 378 g/mol. The molecule has 1 amide bonds. The highest BCUT2D eigenvalue weighted by atomic mass is 35.5. The van der Waals surface area contributed by atoms with Gasteiger partial charge >= 0.3 is 0 Å². The molecule has 140 valence electrons. The van der Waals surface area contributed by atoms with Crippen molar-refractivity contribution in [3.05, 3.63) is 65.8 Å². The molecule has 0 bridgehead atoms.